The van der Waals surface area contributed by atoms with Crippen LogP contribution in [0.3, 0.4) is 0 Å². The van der Waals surface area contributed by atoms with Crippen molar-refractivity contribution in [3.8, 4) is 0 Å². The normalized spacial score (nSPS) is 14.4. The van der Waals surface area contributed by atoms with E-state index < -0.39 is 22.9 Å². The van der Waals surface area contributed by atoms with Crippen molar-refractivity contribution in [3.05, 3.63) is 35.4 Å². The predicted octanol–water partition coefficient (Wildman–Crippen LogP) is 4.25. The SMILES string of the molecule is C/C=C/c1ccc([S+]([O-])C(C)C)c(C(F)(F)F)c1. The van der Waals surface area contributed by atoms with E-state index in [-0.39, 0.29) is 10.1 Å². The lowest BCUT2D eigenvalue weighted by atomic mass is 10.1. The highest BCUT2D eigenvalue weighted by Crippen LogP contribution is 2.36. The lowest BCUT2D eigenvalue weighted by Gasteiger charge is -2.19. The summed E-state index contributed by atoms with van der Waals surface area (Å²) in [6.45, 7) is 5.00. The molecule has 0 aliphatic carbocycles. The second-order valence-electron chi connectivity index (χ2n) is 4.10. The highest BCUT2D eigenvalue weighted by Gasteiger charge is 2.38. The Morgan fingerprint density at radius 1 is 1.28 bits per heavy atom. The molecule has 0 bridgehead atoms. The molecule has 1 aromatic rings. The molecule has 18 heavy (non-hydrogen) atoms. The molecule has 1 atom stereocenters. The van der Waals surface area contributed by atoms with Crippen molar-refractivity contribution >= 4 is 17.3 Å². The Morgan fingerprint density at radius 2 is 1.89 bits per heavy atom. The van der Waals surface area contributed by atoms with Gasteiger partial charge in [-0.2, -0.15) is 13.2 Å². The Morgan fingerprint density at radius 3 is 2.33 bits per heavy atom. The molecule has 0 heterocycles. The molecule has 100 valence electrons. The number of benzene rings is 1. The zero-order chi connectivity index (χ0) is 13.9. The second-order valence-corrected chi connectivity index (χ2v) is 6.08. The van der Waals surface area contributed by atoms with E-state index in [0.29, 0.717) is 5.56 Å². The Kier molecular flexibility index (Phi) is 4.87. The van der Waals surface area contributed by atoms with Gasteiger partial charge in [0.1, 0.15) is 10.8 Å². The number of halogens is 3. The van der Waals surface area contributed by atoms with E-state index in [1.807, 2.05) is 0 Å². The van der Waals surface area contributed by atoms with Gasteiger partial charge < -0.3 is 4.55 Å². The van der Waals surface area contributed by atoms with Gasteiger partial charge in [-0.05, 0) is 55.7 Å². The molecule has 1 aromatic carbocycles. The van der Waals surface area contributed by atoms with Crippen molar-refractivity contribution in [2.45, 2.75) is 37.1 Å². The van der Waals surface area contributed by atoms with Crippen molar-refractivity contribution in [2.24, 2.45) is 0 Å². The van der Waals surface area contributed by atoms with E-state index in [0.717, 1.165) is 6.07 Å². The molecule has 0 aliphatic rings. The van der Waals surface area contributed by atoms with Crippen LogP contribution in [0.25, 0.3) is 6.08 Å². The van der Waals surface area contributed by atoms with E-state index in [1.165, 1.54) is 6.07 Å². The van der Waals surface area contributed by atoms with E-state index >= 15 is 0 Å². The van der Waals surface area contributed by atoms with Crippen molar-refractivity contribution in [1.82, 2.24) is 0 Å². The van der Waals surface area contributed by atoms with Gasteiger partial charge in [0.15, 0.2) is 4.90 Å². The highest BCUT2D eigenvalue weighted by atomic mass is 32.2. The van der Waals surface area contributed by atoms with Crippen LogP contribution >= 0.6 is 0 Å². The van der Waals surface area contributed by atoms with Crippen molar-refractivity contribution in [1.29, 1.82) is 0 Å². The van der Waals surface area contributed by atoms with Gasteiger partial charge in [0, 0.05) is 0 Å². The molecule has 0 N–H and O–H groups in total. The van der Waals surface area contributed by atoms with Crippen LogP contribution in [0.4, 0.5) is 13.2 Å². The first-order valence-electron chi connectivity index (χ1n) is 5.52. The van der Waals surface area contributed by atoms with Gasteiger partial charge in [-0.25, -0.2) is 0 Å². The van der Waals surface area contributed by atoms with Gasteiger partial charge in [-0.1, -0.05) is 12.2 Å². The molecule has 1 unspecified atom stereocenters. The van der Waals surface area contributed by atoms with Crippen molar-refractivity contribution in [2.75, 3.05) is 0 Å². The van der Waals surface area contributed by atoms with Crippen molar-refractivity contribution in [3.63, 3.8) is 0 Å². The van der Waals surface area contributed by atoms with Gasteiger partial charge in [-0.15, -0.1) is 0 Å². The van der Waals surface area contributed by atoms with Crippen LogP contribution in [-0.2, 0) is 17.4 Å². The number of hydrogen-bond acceptors (Lipinski definition) is 1. The fourth-order valence-corrected chi connectivity index (χ4v) is 2.60. The van der Waals surface area contributed by atoms with Crippen LogP contribution in [0, 0.1) is 0 Å². The second kappa shape index (κ2) is 5.80. The zero-order valence-corrected chi connectivity index (χ0v) is 11.2. The van der Waals surface area contributed by atoms with E-state index in [1.54, 1.807) is 39.0 Å². The molecule has 0 fully saturated rings. The maximum Gasteiger partial charge on any atom is 0.421 e. The minimum absolute atomic E-state index is 0.147. The van der Waals surface area contributed by atoms with Gasteiger partial charge in [-0.3, -0.25) is 0 Å². The number of alkyl halides is 3. The van der Waals surface area contributed by atoms with E-state index in [2.05, 4.69) is 0 Å². The average molecular weight is 276 g/mol. The summed E-state index contributed by atoms with van der Waals surface area (Å²) in [4.78, 5) is -0.147. The standard InChI is InChI=1S/C13H15F3OS/c1-4-5-10-6-7-12(18(17)9(2)3)11(8-10)13(14,15)16/h4-9H,1-3H3/b5-4+. The van der Waals surface area contributed by atoms with Crippen molar-refractivity contribution < 1.29 is 17.7 Å². The van der Waals surface area contributed by atoms with E-state index in [4.69, 9.17) is 0 Å². The lowest BCUT2D eigenvalue weighted by Crippen LogP contribution is -2.19. The smallest absolute Gasteiger partial charge is 0.421 e. The fourth-order valence-electron chi connectivity index (χ4n) is 1.49. The number of hydrogen-bond donors (Lipinski definition) is 0. The summed E-state index contributed by atoms with van der Waals surface area (Å²) in [5.41, 5.74) is -0.362. The van der Waals surface area contributed by atoms with E-state index in [9.17, 15) is 17.7 Å². The largest absolute Gasteiger partial charge is 0.611 e. The Labute approximate surface area is 108 Å². The molecule has 1 nitrogen and oxygen atoms in total. The minimum atomic E-state index is -4.49. The first-order chi connectivity index (χ1) is 8.27. The number of allylic oxidation sites excluding steroid dienone is 1. The molecule has 5 heteroatoms. The Balaban J connectivity index is 3.34. The maximum atomic E-state index is 12.9. The fraction of sp³-hybridized carbons (Fsp3) is 0.385. The zero-order valence-electron chi connectivity index (χ0n) is 10.4. The first kappa shape index (κ1) is 15.1. The lowest BCUT2D eigenvalue weighted by molar-refractivity contribution is -0.139. The van der Waals surface area contributed by atoms with Crippen LogP contribution in [0.15, 0.2) is 29.2 Å². The van der Waals surface area contributed by atoms with Gasteiger partial charge in [0.25, 0.3) is 0 Å². The van der Waals surface area contributed by atoms with Crippen LogP contribution in [0.5, 0.6) is 0 Å². The summed E-state index contributed by atoms with van der Waals surface area (Å²) in [5.74, 6) is 0. The molecule has 0 saturated carbocycles. The van der Waals surface area contributed by atoms with Gasteiger partial charge in [0.2, 0.25) is 0 Å². The quantitative estimate of drug-likeness (QED) is 0.757. The number of rotatable bonds is 3. The summed E-state index contributed by atoms with van der Waals surface area (Å²) in [6, 6.07) is 3.88. The molecule has 0 radical (unpaired) electrons. The molecular formula is C13H15F3OS. The summed E-state index contributed by atoms with van der Waals surface area (Å²) in [5, 5.41) is -0.348. The van der Waals surface area contributed by atoms with Crippen LogP contribution in [0.2, 0.25) is 0 Å². The molecule has 0 aromatic heterocycles. The molecule has 0 aliphatic heterocycles. The molecule has 0 spiro atoms. The average Bonchev–Trinajstić information content (AvgIpc) is 2.27. The Bertz CT molecular complexity index is 438. The maximum absolute atomic E-state index is 12.9. The van der Waals surface area contributed by atoms with Gasteiger partial charge >= 0.3 is 6.18 Å². The summed E-state index contributed by atoms with van der Waals surface area (Å²) in [6.07, 6.45) is -1.25. The monoisotopic (exact) mass is 276 g/mol. The third kappa shape index (κ3) is 3.53. The third-order valence-corrected chi connectivity index (χ3v) is 3.96. The molecular weight excluding hydrogens is 261 g/mol. The van der Waals surface area contributed by atoms with Crippen LogP contribution in [0.1, 0.15) is 31.9 Å². The molecule has 0 saturated heterocycles. The highest BCUT2D eigenvalue weighted by molar-refractivity contribution is 7.92. The molecule has 1 rings (SSSR count). The minimum Gasteiger partial charge on any atom is -0.611 e. The summed E-state index contributed by atoms with van der Waals surface area (Å²) >= 11 is -1.65. The van der Waals surface area contributed by atoms with Crippen LogP contribution < -0.4 is 0 Å². The topological polar surface area (TPSA) is 23.1 Å². The van der Waals surface area contributed by atoms with Crippen LogP contribution in [-0.4, -0.2) is 9.80 Å². The first-order valence-corrected chi connectivity index (χ1v) is 6.73. The third-order valence-electron chi connectivity index (χ3n) is 2.31. The summed E-state index contributed by atoms with van der Waals surface area (Å²) < 4.78 is 50.7. The predicted molar refractivity (Wildman–Crippen MR) is 67.7 cm³/mol. The van der Waals surface area contributed by atoms with Gasteiger partial charge in [0.05, 0.1) is 0 Å². The molecule has 0 amide bonds. The summed E-state index contributed by atoms with van der Waals surface area (Å²) in [7, 11) is 0. The Hall–Kier alpha value is -0.940.